The van der Waals surface area contributed by atoms with Gasteiger partial charge in [-0.3, -0.25) is 9.35 Å². The molecule has 0 fully saturated rings. The molecule has 0 aliphatic heterocycles. The van der Waals surface area contributed by atoms with Gasteiger partial charge in [0.2, 0.25) is 5.91 Å². The van der Waals surface area contributed by atoms with Crippen molar-refractivity contribution in [1.29, 1.82) is 0 Å². The third-order valence-corrected chi connectivity index (χ3v) is 5.13. The fourth-order valence-electron chi connectivity index (χ4n) is 3.08. The number of hydrogen-bond donors (Lipinski definition) is 2. The van der Waals surface area contributed by atoms with Crippen LogP contribution in [0.4, 0.5) is 0 Å². The van der Waals surface area contributed by atoms with Gasteiger partial charge in [0, 0.05) is 13.0 Å². The van der Waals surface area contributed by atoms with E-state index in [0.717, 1.165) is 19.3 Å². The molecule has 0 saturated heterocycles. The van der Waals surface area contributed by atoms with Crippen molar-refractivity contribution in [2.75, 3.05) is 13.2 Å². The number of hydrogen-bond acceptors (Lipinski definition) is 4. The lowest BCUT2D eigenvalue weighted by atomic mass is 10.0. The quantitative estimate of drug-likeness (QED) is 0.214. The molecule has 0 aliphatic rings. The van der Waals surface area contributed by atoms with Crippen molar-refractivity contribution in [2.24, 2.45) is 0 Å². The molecule has 0 rings (SSSR count). The van der Waals surface area contributed by atoms with Gasteiger partial charge in [0.15, 0.2) is 0 Å². The number of carbonyl (C=O) groups excluding carboxylic acids is 1. The van der Waals surface area contributed by atoms with Crippen LogP contribution in [0.5, 0.6) is 0 Å². The number of amides is 1. The number of unbranched alkanes of at least 4 members (excludes halogenated alkanes) is 14. The number of carbonyl (C=O) groups is 1. The second-order valence-electron chi connectivity index (χ2n) is 7.30. The highest BCUT2D eigenvalue weighted by Crippen LogP contribution is 2.13. The Kier molecular flexibility index (Phi) is 18.2. The first-order valence-electron chi connectivity index (χ1n) is 10.8. The zero-order valence-electron chi connectivity index (χ0n) is 17.2. The third kappa shape index (κ3) is 23.3. The van der Waals surface area contributed by atoms with Crippen LogP contribution in [0.1, 0.15) is 110 Å². The topological polar surface area (TPSA) is 92.7 Å². The van der Waals surface area contributed by atoms with E-state index >= 15 is 0 Å². The van der Waals surface area contributed by atoms with Gasteiger partial charge >= 0.3 is 10.4 Å². The molecule has 0 bridgehead atoms. The standard InChI is InChI=1S/C20H41NO5S/c1-2-3-4-5-6-7-8-9-10-11-12-13-14-15-16-17-20(22)21-18-19-26-27(23,24)25/h2-19H2,1H3,(H,21,22)(H,23,24,25). The van der Waals surface area contributed by atoms with E-state index < -0.39 is 10.4 Å². The van der Waals surface area contributed by atoms with Gasteiger partial charge in [0.25, 0.3) is 0 Å². The fourth-order valence-corrected chi connectivity index (χ4v) is 3.38. The lowest BCUT2D eigenvalue weighted by Gasteiger charge is -2.05. The number of rotatable bonds is 20. The Morgan fingerprint density at radius 2 is 1.19 bits per heavy atom. The van der Waals surface area contributed by atoms with Crippen LogP contribution in [0.2, 0.25) is 0 Å². The molecule has 6 nitrogen and oxygen atoms in total. The zero-order chi connectivity index (χ0) is 20.2. The van der Waals surface area contributed by atoms with E-state index in [4.69, 9.17) is 4.55 Å². The molecule has 0 aromatic carbocycles. The predicted octanol–water partition coefficient (Wildman–Crippen LogP) is 5.18. The molecule has 162 valence electrons. The maximum Gasteiger partial charge on any atom is 0.397 e. The van der Waals surface area contributed by atoms with Crippen molar-refractivity contribution in [3.63, 3.8) is 0 Å². The number of nitrogens with one attached hydrogen (secondary N) is 1. The Balaban J connectivity index is 3.19. The Morgan fingerprint density at radius 1 is 0.778 bits per heavy atom. The van der Waals surface area contributed by atoms with E-state index in [1.54, 1.807) is 0 Å². The Morgan fingerprint density at radius 3 is 1.59 bits per heavy atom. The highest BCUT2D eigenvalue weighted by Gasteiger charge is 2.05. The van der Waals surface area contributed by atoms with Gasteiger partial charge in [0.1, 0.15) is 0 Å². The van der Waals surface area contributed by atoms with Crippen molar-refractivity contribution < 1.29 is 21.9 Å². The molecular formula is C20H41NO5S. The average Bonchev–Trinajstić information content (AvgIpc) is 2.61. The molecule has 0 radical (unpaired) electrons. The first-order chi connectivity index (χ1) is 13.0. The first kappa shape index (κ1) is 26.3. The van der Waals surface area contributed by atoms with Crippen LogP contribution in [0.15, 0.2) is 0 Å². The van der Waals surface area contributed by atoms with E-state index in [1.807, 2.05) is 0 Å². The smallest absolute Gasteiger partial charge is 0.354 e. The Hall–Kier alpha value is -0.660. The Labute approximate surface area is 166 Å². The summed E-state index contributed by atoms with van der Waals surface area (Å²) in [6.45, 7) is 2.09. The van der Waals surface area contributed by atoms with Crippen LogP contribution in [0.3, 0.4) is 0 Å². The van der Waals surface area contributed by atoms with E-state index in [1.165, 1.54) is 77.0 Å². The maximum absolute atomic E-state index is 11.5. The summed E-state index contributed by atoms with van der Waals surface area (Å²) in [5.74, 6) is -0.108. The summed E-state index contributed by atoms with van der Waals surface area (Å²) in [7, 11) is -4.42. The van der Waals surface area contributed by atoms with E-state index in [-0.39, 0.29) is 19.1 Å². The summed E-state index contributed by atoms with van der Waals surface area (Å²) >= 11 is 0. The zero-order valence-corrected chi connectivity index (χ0v) is 18.0. The van der Waals surface area contributed by atoms with Gasteiger partial charge in [-0.25, -0.2) is 4.18 Å². The maximum atomic E-state index is 11.5. The van der Waals surface area contributed by atoms with Gasteiger partial charge in [-0.1, -0.05) is 96.8 Å². The van der Waals surface area contributed by atoms with Crippen molar-refractivity contribution in [3.05, 3.63) is 0 Å². The lowest BCUT2D eigenvalue weighted by molar-refractivity contribution is -0.121. The summed E-state index contributed by atoms with van der Waals surface area (Å²) in [5, 5.41) is 2.57. The summed E-state index contributed by atoms with van der Waals surface area (Å²) in [4.78, 5) is 11.5. The van der Waals surface area contributed by atoms with Gasteiger partial charge in [-0.05, 0) is 6.42 Å². The SMILES string of the molecule is CCCCCCCCCCCCCCCCCC(=O)NCCOS(=O)(=O)O. The van der Waals surface area contributed by atoms with Crippen LogP contribution in [0.25, 0.3) is 0 Å². The average molecular weight is 408 g/mol. The molecule has 7 heteroatoms. The minimum Gasteiger partial charge on any atom is -0.354 e. The van der Waals surface area contributed by atoms with Gasteiger partial charge in [-0.15, -0.1) is 0 Å². The minimum absolute atomic E-state index is 0.0807. The molecule has 0 spiro atoms. The third-order valence-electron chi connectivity index (χ3n) is 4.66. The molecule has 0 aromatic heterocycles. The highest BCUT2D eigenvalue weighted by molar-refractivity contribution is 7.80. The van der Waals surface area contributed by atoms with Crippen LogP contribution >= 0.6 is 0 Å². The monoisotopic (exact) mass is 407 g/mol. The Bertz CT molecular complexity index is 440. The molecule has 0 aromatic rings. The second kappa shape index (κ2) is 18.7. The summed E-state index contributed by atoms with van der Waals surface area (Å²) in [6, 6.07) is 0. The van der Waals surface area contributed by atoms with Crippen molar-refractivity contribution >= 4 is 16.3 Å². The molecule has 0 saturated carbocycles. The van der Waals surface area contributed by atoms with Gasteiger partial charge in [-0.2, -0.15) is 8.42 Å². The van der Waals surface area contributed by atoms with E-state index in [0.29, 0.717) is 6.42 Å². The summed E-state index contributed by atoms with van der Waals surface area (Å²) in [5.41, 5.74) is 0. The molecule has 2 N–H and O–H groups in total. The van der Waals surface area contributed by atoms with Crippen LogP contribution < -0.4 is 5.32 Å². The highest BCUT2D eigenvalue weighted by atomic mass is 32.3. The van der Waals surface area contributed by atoms with Crippen molar-refractivity contribution in [2.45, 2.75) is 110 Å². The van der Waals surface area contributed by atoms with Crippen molar-refractivity contribution in [1.82, 2.24) is 5.32 Å². The predicted molar refractivity (Wildman–Crippen MR) is 110 cm³/mol. The molecule has 0 aliphatic carbocycles. The molecule has 27 heavy (non-hydrogen) atoms. The van der Waals surface area contributed by atoms with E-state index in [9.17, 15) is 13.2 Å². The van der Waals surface area contributed by atoms with Crippen LogP contribution in [-0.4, -0.2) is 32.0 Å². The largest absolute Gasteiger partial charge is 0.397 e. The van der Waals surface area contributed by atoms with Crippen LogP contribution in [-0.2, 0) is 19.4 Å². The normalized spacial score (nSPS) is 11.6. The fraction of sp³-hybridized carbons (Fsp3) is 0.950. The second-order valence-corrected chi connectivity index (χ2v) is 8.39. The van der Waals surface area contributed by atoms with Crippen molar-refractivity contribution in [3.8, 4) is 0 Å². The molecular weight excluding hydrogens is 366 g/mol. The molecule has 1 amide bonds. The first-order valence-corrected chi connectivity index (χ1v) is 12.2. The van der Waals surface area contributed by atoms with Gasteiger partial charge in [0.05, 0.1) is 6.61 Å². The molecule has 0 heterocycles. The van der Waals surface area contributed by atoms with E-state index in [2.05, 4.69) is 16.4 Å². The summed E-state index contributed by atoms with van der Waals surface area (Å²) in [6.07, 6.45) is 19.8. The summed E-state index contributed by atoms with van der Waals surface area (Å²) < 4.78 is 33.1. The molecule has 0 unspecified atom stereocenters. The lowest BCUT2D eigenvalue weighted by Crippen LogP contribution is -2.27. The van der Waals surface area contributed by atoms with Gasteiger partial charge < -0.3 is 5.32 Å². The molecule has 0 atom stereocenters. The van der Waals surface area contributed by atoms with Crippen LogP contribution in [0, 0.1) is 0 Å². The minimum atomic E-state index is -4.42.